The molecule has 0 aliphatic rings. The molecule has 1 atom stereocenters. The van der Waals surface area contributed by atoms with E-state index in [2.05, 4.69) is 30.5 Å². The van der Waals surface area contributed by atoms with Crippen LogP contribution in [0.2, 0.25) is 5.02 Å². The molecule has 0 fully saturated rings. The SMILES string of the molecule is [2H]C([2H])([2H])OC([2H])([2H])C[C@@H](c1ccc(-c2c(-n3cnnn3)ccc(Cl)c2F)c[n+]1[O-])n1cc(-c2ccnn2C(F)F)cn1. The molecule has 0 spiro atoms. The van der Waals surface area contributed by atoms with E-state index in [-0.39, 0.29) is 38.8 Å². The van der Waals surface area contributed by atoms with Gasteiger partial charge in [-0.05, 0) is 34.7 Å². The number of ether oxygens (including phenoxy) is 1. The zero-order valence-electron chi connectivity index (χ0n) is 24.0. The van der Waals surface area contributed by atoms with Gasteiger partial charge in [-0.3, -0.25) is 4.68 Å². The summed E-state index contributed by atoms with van der Waals surface area (Å²) >= 11 is 6.01. The van der Waals surface area contributed by atoms with Gasteiger partial charge in [0.15, 0.2) is 12.0 Å². The average Bonchev–Trinajstić information content (AvgIpc) is 3.69. The van der Waals surface area contributed by atoms with Gasteiger partial charge in [0.1, 0.15) is 12.4 Å². The van der Waals surface area contributed by atoms with Crippen molar-refractivity contribution in [2.45, 2.75) is 19.0 Å². The summed E-state index contributed by atoms with van der Waals surface area (Å²) in [4.78, 5) is 0. The molecule has 0 amide bonds. The maximum Gasteiger partial charge on any atom is 0.333 e. The van der Waals surface area contributed by atoms with Gasteiger partial charge < -0.3 is 9.94 Å². The van der Waals surface area contributed by atoms with Gasteiger partial charge in [-0.15, -0.1) is 5.10 Å². The molecule has 0 saturated heterocycles. The highest BCUT2D eigenvalue weighted by atomic mass is 35.5. The first-order valence-corrected chi connectivity index (χ1v) is 11.1. The molecule has 4 heterocycles. The number of benzene rings is 1. The van der Waals surface area contributed by atoms with Crippen molar-refractivity contribution in [1.29, 1.82) is 0 Å². The fourth-order valence-electron chi connectivity index (χ4n) is 3.97. The Kier molecular flexibility index (Phi) is 5.51. The van der Waals surface area contributed by atoms with Gasteiger partial charge in [-0.25, -0.2) is 9.07 Å². The van der Waals surface area contributed by atoms with Gasteiger partial charge in [0, 0.05) is 44.0 Å². The molecule has 196 valence electrons. The molecule has 5 aromatic rings. The van der Waals surface area contributed by atoms with Gasteiger partial charge in [-0.1, -0.05) is 11.6 Å². The Labute approximate surface area is 225 Å². The Bertz CT molecular complexity index is 1750. The second kappa shape index (κ2) is 10.6. The molecule has 11 nitrogen and oxygen atoms in total. The largest absolute Gasteiger partial charge is 0.618 e. The summed E-state index contributed by atoms with van der Waals surface area (Å²) in [5, 5.41) is 31.8. The van der Waals surface area contributed by atoms with E-state index in [9.17, 15) is 14.0 Å². The standard InChI is InChI=1S/C23H19ClF3N9O2/c1-38-9-7-18(33-11-15(10-30-33)17-6-8-29-36(17)23(26)27)19-4-2-14(12-35(19)37)21-20(34-13-28-31-32-34)5-3-16(24)22(21)25/h2-6,8,10-13,18,23H,7,9H2,1H3/t18-/m0/s1/i1D3,9D2. The molecular weight excluding hydrogens is 527 g/mol. The minimum atomic E-state index is -3.12. The number of nitrogens with zero attached hydrogens (tertiary/aromatic N) is 9. The van der Waals surface area contributed by atoms with Gasteiger partial charge >= 0.3 is 6.55 Å². The topological polar surface area (TPSA) is 115 Å². The van der Waals surface area contributed by atoms with E-state index in [4.69, 9.17) is 18.5 Å². The minimum Gasteiger partial charge on any atom is -0.618 e. The van der Waals surface area contributed by atoms with Crippen molar-refractivity contribution < 1.29 is 29.5 Å². The fraction of sp³-hybridized carbons (Fsp3) is 0.217. The average molecular weight is 551 g/mol. The fourth-order valence-corrected chi connectivity index (χ4v) is 4.13. The maximum atomic E-state index is 15.3. The number of halogens is 4. The van der Waals surface area contributed by atoms with Crippen LogP contribution in [-0.4, -0.2) is 53.4 Å². The van der Waals surface area contributed by atoms with Gasteiger partial charge in [0.05, 0.1) is 40.6 Å². The van der Waals surface area contributed by atoms with Gasteiger partial charge in [0.2, 0.25) is 5.69 Å². The van der Waals surface area contributed by atoms with Crippen molar-refractivity contribution in [2.75, 3.05) is 13.6 Å². The third kappa shape index (κ3) is 4.70. The van der Waals surface area contributed by atoms with Crippen LogP contribution < -0.4 is 4.73 Å². The lowest BCUT2D eigenvalue weighted by Crippen LogP contribution is -2.36. The zero-order chi connectivity index (χ0) is 31.1. The highest BCUT2D eigenvalue weighted by Crippen LogP contribution is 2.34. The van der Waals surface area contributed by atoms with Crippen LogP contribution in [-0.2, 0) is 4.74 Å². The minimum absolute atomic E-state index is 0.0151. The van der Waals surface area contributed by atoms with E-state index in [0.717, 1.165) is 21.8 Å². The quantitative estimate of drug-likeness (QED) is 0.202. The van der Waals surface area contributed by atoms with Crippen molar-refractivity contribution in [2.24, 2.45) is 0 Å². The third-order valence-electron chi connectivity index (χ3n) is 5.66. The van der Waals surface area contributed by atoms with E-state index < -0.39 is 38.4 Å². The first-order chi connectivity index (χ1) is 20.2. The smallest absolute Gasteiger partial charge is 0.333 e. The highest BCUT2D eigenvalue weighted by molar-refractivity contribution is 6.31. The molecule has 0 bridgehead atoms. The highest BCUT2D eigenvalue weighted by Gasteiger charge is 2.26. The number of hydrogen-bond donors (Lipinski definition) is 0. The van der Waals surface area contributed by atoms with E-state index in [0.29, 0.717) is 9.41 Å². The first-order valence-electron chi connectivity index (χ1n) is 13.3. The summed E-state index contributed by atoms with van der Waals surface area (Å²) in [5.41, 5.74) is 0.0676. The van der Waals surface area contributed by atoms with Gasteiger partial charge in [0.25, 0.3) is 0 Å². The van der Waals surface area contributed by atoms with Crippen molar-refractivity contribution in [3.63, 3.8) is 0 Å². The summed E-state index contributed by atoms with van der Waals surface area (Å²) in [6.07, 6.45) is 5.09. The van der Waals surface area contributed by atoms with Crippen LogP contribution in [0.15, 0.2) is 61.4 Å². The Morgan fingerprint density at radius 2 is 2.08 bits per heavy atom. The molecule has 1 aromatic carbocycles. The number of pyridine rings is 1. The lowest BCUT2D eigenvalue weighted by Gasteiger charge is -2.18. The molecule has 0 aliphatic heterocycles. The number of alkyl halides is 2. The predicted octanol–water partition coefficient (Wildman–Crippen LogP) is 3.84. The summed E-state index contributed by atoms with van der Waals surface area (Å²) < 4.78 is 88.1. The lowest BCUT2D eigenvalue weighted by atomic mass is 10.0. The van der Waals surface area contributed by atoms with E-state index in [1.54, 1.807) is 0 Å². The normalized spacial score (nSPS) is 15.0. The first kappa shape index (κ1) is 19.8. The van der Waals surface area contributed by atoms with Crippen LogP contribution >= 0.6 is 11.6 Å². The van der Waals surface area contributed by atoms with Crippen molar-refractivity contribution in [1.82, 2.24) is 39.8 Å². The Morgan fingerprint density at radius 3 is 2.82 bits per heavy atom. The van der Waals surface area contributed by atoms with E-state index >= 15 is 4.39 Å². The summed E-state index contributed by atoms with van der Waals surface area (Å²) in [7, 11) is -3.12. The Hall–Kier alpha value is -4.30. The number of tetrazole rings is 1. The Balaban J connectivity index is 1.60. The zero-order valence-corrected chi connectivity index (χ0v) is 19.7. The molecule has 0 N–H and O–H groups in total. The van der Waals surface area contributed by atoms with Crippen LogP contribution in [0.3, 0.4) is 0 Å². The summed E-state index contributed by atoms with van der Waals surface area (Å²) in [5.74, 6) is -0.867. The monoisotopic (exact) mass is 550 g/mol. The molecule has 0 unspecified atom stereocenters. The third-order valence-corrected chi connectivity index (χ3v) is 5.96. The maximum absolute atomic E-state index is 15.3. The second-order valence-electron chi connectivity index (χ2n) is 7.79. The second-order valence-corrected chi connectivity index (χ2v) is 8.20. The summed E-state index contributed by atoms with van der Waals surface area (Å²) in [6.45, 7) is -5.78. The molecular formula is C23H19ClF3N9O2. The lowest BCUT2D eigenvalue weighted by molar-refractivity contribution is -0.615. The Morgan fingerprint density at radius 1 is 1.21 bits per heavy atom. The van der Waals surface area contributed by atoms with Gasteiger partial charge in [-0.2, -0.15) is 28.4 Å². The molecule has 0 aliphatic carbocycles. The van der Waals surface area contributed by atoms with Crippen LogP contribution in [0.4, 0.5) is 13.2 Å². The summed E-state index contributed by atoms with van der Waals surface area (Å²) in [6, 6.07) is 5.32. The van der Waals surface area contributed by atoms with Crippen molar-refractivity contribution in [3.05, 3.63) is 83.2 Å². The predicted molar refractivity (Wildman–Crippen MR) is 128 cm³/mol. The number of aromatic nitrogens is 9. The van der Waals surface area contributed by atoms with E-state index in [1.807, 2.05) is 0 Å². The van der Waals surface area contributed by atoms with Crippen LogP contribution in [0.1, 0.15) is 31.6 Å². The number of methoxy groups -OCH3 is 1. The molecule has 5 rings (SSSR count). The molecule has 15 heteroatoms. The van der Waals surface area contributed by atoms with Crippen LogP contribution in [0, 0.1) is 11.0 Å². The molecule has 38 heavy (non-hydrogen) atoms. The van der Waals surface area contributed by atoms with Crippen LogP contribution in [0.25, 0.3) is 28.1 Å². The number of hydrogen-bond acceptors (Lipinski definition) is 7. The number of rotatable bonds is 9. The molecule has 4 aromatic heterocycles. The molecule has 0 saturated carbocycles. The van der Waals surface area contributed by atoms with E-state index in [1.165, 1.54) is 49.1 Å². The van der Waals surface area contributed by atoms with Crippen molar-refractivity contribution in [3.8, 4) is 28.1 Å². The molecule has 0 radical (unpaired) electrons. The van der Waals surface area contributed by atoms with Crippen LogP contribution in [0.5, 0.6) is 0 Å². The van der Waals surface area contributed by atoms with Crippen molar-refractivity contribution >= 4 is 11.6 Å².